The molecule has 1 aliphatic heterocycles. The van der Waals surface area contributed by atoms with Crippen LogP contribution >= 0.6 is 11.3 Å². The number of thiazole rings is 1. The zero-order chi connectivity index (χ0) is 19.1. The van der Waals surface area contributed by atoms with E-state index >= 15 is 0 Å². The molecule has 1 amide bonds. The molecular formula is C20H25N5OS. The van der Waals surface area contributed by atoms with E-state index in [0.717, 1.165) is 55.0 Å². The molecule has 0 atom stereocenters. The number of carbonyl (C=O) groups excluding carboxylic acids is 1. The number of nitrogens with zero attached hydrogens (tertiary/aromatic N) is 3. The molecule has 1 saturated heterocycles. The Morgan fingerprint density at radius 2 is 2.26 bits per heavy atom. The number of aliphatic imine (C=N–C) groups is 1. The average molecular weight is 384 g/mol. The van der Waals surface area contributed by atoms with Crippen LogP contribution in [0.4, 0.5) is 5.69 Å². The number of piperidine rings is 1. The summed E-state index contributed by atoms with van der Waals surface area (Å²) in [4.78, 5) is 23.3. The van der Waals surface area contributed by atoms with Crippen LogP contribution in [0.2, 0.25) is 0 Å². The molecule has 0 unspecified atom stereocenters. The maximum Gasteiger partial charge on any atom is 0.227 e. The van der Waals surface area contributed by atoms with Gasteiger partial charge in [-0.3, -0.25) is 14.7 Å². The monoisotopic (exact) mass is 383 g/mol. The van der Waals surface area contributed by atoms with Gasteiger partial charge in [0.05, 0.1) is 11.2 Å². The third kappa shape index (κ3) is 5.24. The Balaban J connectivity index is 1.53. The largest absolute Gasteiger partial charge is 0.404 e. The summed E-state index contributed by atoms with van der Waals surface area (Å²) in [6.07, 6.45) is 5.08. The van der Waals surface area contributed by atoms with Gasteiger partial charge in [0, 0.05) is 42.4 Å². The fourth-order valence-corrected chi connectivity index (χ4v) is 3.83. The van der Waals surface area contributed by atoms with E-state index in [4.69, 9.17) is 5.73 Å². The van der Waals surface area contributed by atoms with Crippen molar-refractivity contribution in [1.82, 2.24) is 9.88 Å². The molecule has 2 aromatic rings. The van der Waals surface area contributed by atoms with Gasteiger partial charge in [-0.2, -0.15) is 0 Å². The quantitative estimate of drug-likeness (QED) is 0.751. The predicted molar refractivity (Wildman–Crippen MR) is 112 cm³/mol. The highest BCUT2D eigenvalue weighted by molar-refractivity contribution is 7.07. The number of amides is 1. The molecule has 2 heterocycles. The summed E-state index contributed by atoms with van der Waals surface area (Å²) < 4.78 is 0. The highest BCUT2D eigenvalue weighted by Gasteiger charge is 2.25. The molecule has 0 saturated carbocycles. The summed E-state index contributed by atoms with van der Waals surface area (Å²) in [5.74, 6) is 0.129. The number of rotatable bonds is 6. The van der Waals surface area contributed by atoms with Gasteiger partial charge in [0.15, 0.2) is 0 Å². The fourth-order valence-electron chi connectivity index (χ4n) is 3.27. The number of nitrogens with one attached hydrogen (secondary N) is 1. The van der Waals surface area contributed by atoms with Crippen molar-refractivity contribution in [2.24, 2.45) is 16.6 Å². The van der Waals surface area contributed by atoms with Crippen molar-refractivity contribution < 1.29 is 4.79 Å². The number of hydrogen-bond donors (Lipinski definition) is 2. The lowest BCUT2D eigenvalue weighted by Crippen LogP contribution is -2.39. The van der Waals surface area contributed by atoms with E-state index in [1.54, 1.807) is 30.8 Å². The fraction of sp³-hybridized carbons (Fsp3) is 0.350. The van der Waals surface area contributed by atoms with Gasteiger partial charge in [-0.15, -0.1) is 11.3 Å². The van der Waals surface area contributed by atoms with Crippen molar-refractivity contribution in [3.05, 3.63) is 46.9 Å². The first kappa shape index (κ1) is 19.3. The van der Waals surface area contributed by atoms with Gasteiger partial charge in [-0.25, -0.2) is 4.98 Å². The van der Waals surface area contributed by atoms with Gasteiger partial charge in [0.2, 0.25) is 5.91 Å². The Labute approximate surface area is 163 Å². The third-order valence-electron chi connectivity index (χ3n) is 4.73. The molecule has 1 aliphatic rings. The van der Waals surface area contributed by atoms with E-state index in [-0.39, 0.29) is 11.8 Å². The molecule has 3 N–H and O–H groups in total. The molecule has 7 heteroatoms. The number of nitrogens with two attached hydrogens (primary N) is 1. The van der Waals surface area contributed by atoms with E-state index in [9.17, 15) is 4.79 Å². The smallest absolute Gasteiger partial charge is 0.227 e. The molecule has 27 heavy (non-hydrogen) atoms. The van der Waals surface area contributed by atoms with Crippen LogP contribution in [0.25, 0.3) is 11.3 Å². The maximum absolute atomic E-state index is 12.7. The summed E-state index contributed by atoms with van der Waals surface area (Å²) >= 11 is 1.56. The average Bonchev–Trinajstić information content (AvgIpc) is 3.23. The first-order valence-corrected chi connectivity index (χ1v) is 9.98. The van der Waals surface area contributed by atoms with Gasteiger partial charge in [-0.1, -0.05) is 12.1 Å². The molecule has 6 nitrogen and oxygen atoms in total. The Morgan fingerprint density at radius 1 is 1.44 bits per heavy atom. The molecule has 1 aromatic carbocycles. The highest BCUT2D eigenvalue weighted by atomic mass is 32.1. The zero-order valence-corrected chi connectivity index (χ0v) is 16.3. The van der Waals surface area contributed by atoms with Gasteiger partial charge < -0.3 is 11.1 Å². The lowest BCUT2D eigenvalue weighted by molar-refractivity contribution is -0.121. The number of likely N-dealkylation sites (tertiary alicyclic amines) is 1. The number of aromatic nitrogens is 1. The Bertz CT molecular complexity index is 808. The Hall–Kier alpha value is -2.51. The second-order valence-corrected chi connectivity index (χ2v) is 7.34. The van der Waals surface area contributed by atoms with Crippen molar-refractivity contribution in [3.8, 4) is 11.3 Å². The van der Waals surface area contributed by atoms with Gasteiger partial charge in [0.25, 0.3) is 0 Å². The summed E-state index contributed by atoms with van der Waals surface area (Å²) in [5, 5.41) is 5.07. The van der Waals surface area contributed by atoms with Crippen LogP contribution in [0.15, 0.2) is 51.9 Å². The van der Waals surface area contributed by atoms with Crippen molar-refractivity contribution in [1.29, 1.82) is 0 Å². The minimum absolute atomic E-state index is 0.0364. The van der Waals surface area contributed by atoms with Gasteiger partial charge >= 0.3 is 0 Å². The maximum atomic E-state index is 12.7. The molecule has 0 aliphatic carbocycles. The predicted octanol–water partition coefficient (Wildman–Crippen LogP) is 3.00. The van der Waals surface area contributed by atoms with Crippen LogP contribution in [-0.4, -0.2) is 48.7 Å². The van der Waals surface area contributed by atoms with E-state index in [0.29, 0.717) is 0 Å². The van der Waals surface area contributed by atoms with E-state index < -0.39 is 0 Å². The minimum atomic E-state index is 0.0364. The number of anilines is 1. The number of hydrogen-bond acceptors (Lipinski definition) is 6. The second kappa shape index (κ2) is 9.43. The standard InChI is InChI=1S/C20H25N5OS/c1-22-11-15(10-21)12-25-7-5-16(6-8-25)20(26)24-18-4-2-3-17(9-18)19-13-27-14-23-19/h2-4,9-11,13-14,16H,5-8,12,21H2,1H3,(H,24,26). The molecular weight excluding hydrogens is 358 g/mol. The highest BCUT2D eigenvalue weighted by Crippen LogP contribution is 2.24. The first-order valence-electron chi connectivity index (χ1n) is 9.04. The summed E-state index contributed by atoms with van der Waals surface area (Å²) in [7, 11) is 1.74. The second-order valence-electron chi connectivity index (χ2n) is 6.62. The number of benzene rings is 1. The zero-order valence-electron chi connectivity index (χ0n) is 15.5. The Morgan fingerprint density at radius 3 is 2.93 bits per heavy atom. The van der Waals surface area contributed by atoms with Gasteiger partial charge in [-0.05, 0) is 49.8 Å². The molecule has 142 valence electrons. The molecule has 0 spiro atoms. The molecule has 0 radical (unpaired) electrons. The van der Waals surface area contributed by atoms with Crippen molar-refractivity contribution in [2.75, 3.05) is 32.0 Å². The topological polar surface area (TPSA) is 83.6 Å². The van der Waals surface area contributed by atoms with Crippen LogP contribution in [0.1, 0.15) is 12.8 Å². The third-order valence-corrected chi connectivity index (χ3v) is 5.32. The SMILES string of the molecule is CN=CC(=CN)CN1CCC(C(=O)Nc2cccc(-c3cscn3)c2)CC1. The van der Waals surface area contributed by atoms with Crippen LogP contribution in [0.3, 0.4) is 0 Å². The first-order chi connectivity index (χ1) is 13.2. The molecule has 3 rings (SSSR count). The lowest BCUT2D eigenvalue weighted by atomic mass is 9.95. The van der Waals surface area contributed by atoms with Crippen LogP contribution in [-0.2, 0) is 4.79 Å². The lowest BCUT2D eigenvalue weighted by Gasteiger charge is -2.31. The Kier molecular flexibility index (Phi) is 6.73. The summed E-state index contributed by atoms with van der Waals surface area (Å²) in [6, 6.07) is 7.85. The minimum Gasteiger partial charge on any atom is -0.404 e. The van der Waals surface area contributed by atoms with Crippen molar-refractivity contribution >= 4 is 29.1 Å². The van der Waals surface area contributed by atoms with Crippen molar-refractivity contribution in [2.45, 2.75) is 12.8 Å². The van der Waals surface area contributed by atoms with Crippen LogP contribution in [0.5, 0.6) is 0 Å². The van der Waals surface area contributed by atoms with Crippen molar-refractivity contribution in [3.63, 3.8) is 0 Å². The van der Waals surface area contributed by atoms with E-state index in [2.05, 4.69) is 20.2 Å². The normalized spacial score (nSPS) is 16.7. The number of carbonyl (C=O) groups is 1. The molecule has 1 fully saturated rings. The van der Waals surface area contributed by atoms with Crippen LogP contribution < -0.4 is 11.1 Å². The summed E-state index contributed by atoms with van der Waals surface area (Å²) in [6.45, 7) is 2.54. The van der Waals surface area contributed by atoms with Crippen LogP contribution in [0, 0.1) is 5.92 Å². The van der Waals surface area contributed by atoms with Gasteiger partial charge in [0.1, 0.15) is 0 Å². The summed E-state index contributed by atoms with van der Waals surface area (Å²) in [5.41, 5.74) is 11.2. The molecule has 0 bridgehead atoms. The van der Waals surface area contributed by atoms with E-state index in [1.807, 2.05) is 35.2 Å². The van der Waals surface area contributed by atoms with E-state index in [1.165, 1.54) is 0 Å². The molecule has 1 aromatic heterocycles.